The number of fused-ring (bicyclic) bond motifs is 1. The largest absolute Gasteiger partial charge is 0.478 e. The fourth-order valence-corrected chi connectivity index (χ4v) is 7.23. The summed E-state index contributed by atoms with van der Waals surface area (Å²) < 4.78 is 33.6. The van der Waals surface area contributed by atoms with E-state index in [-0.39, 0.29) is 28.7 Å². The molecule has 1 spiro atoms. The van der Waals surface area contributed by atoms with Crippen LogP contribution in [0.1, 0.15) is 89.9 Å². The summed E-state index contributed by atoms with van der Waals surface area (Å²) in [6.07, 6.45) is 7.98. The highest BCUT2D eigenvalue weighted by Crippen LogP contribution is 2.54. The average molecular weight is 568 g/mol. The van der Waals surface area contributed by atoms with Crippen LogP contribution < -0.4 is 9.64 Å². The first-order chi connectivity index (χ1) is 21.5. The number of piperidine rings is 1. The summed E-state index contributed by atoms with van der Waals surface area (Å²) in [5.74, 6) is -0.0223. The lowest BCUT2D eigenvalue weighted by Crippen LogP contribution is -2.54. The minimum atomic E-state index is -1.51. The van der Waals surface area contributed by atoms with Crippen molar-refractivity contribution in [2.24, 2.45) is 5.41 Å². The molecule has 218 valence electrons. The fraction of sp³-hybridized carbons (Fsp3) is 0.429. The summed E-state index contributed by atoms with van der Waals surface area (Å²) in [6.45, 7) is 4.43. The molecule has 2 aliphatic heterocycles. The highest BCUT2D eigenvalue weighted by atomic mass is 16.5. The third-order valence-corrected chi connectivity index (χ3v) is 9.52. The number of aromatic nitrogens is 2. The quantitative estimate of drug-likeness (QED) is 0.238. The summed E-state index contributed by atoms with van der Waals surface area (Å²) in [5, 5.41) is 10.7. The Morgan fingerprint density at radius 1 is 1.17 bits per heavy atom. The Bertz CT molecular complexity index is 1740. The zero-order valence-electron chi connectivity index (χ0n) is 27.3. The van der Waals surface area contributed by atoms with Crippen LogP contribution in [0.5, 0.6) is 11.5 Å². The van der Waals surface area contributed by atoms with E-state index in [2.05, 4.69) is 34.8 Å². The minimum Gasteiger partial charge on any atom is -0.478 e. The number of anilines is 1. The van der Waals surface area contributed by atoms with Crippen molar-refractivity contribution < 1.29 is 18.8 Å². The number of aromatic carboxylic acids is 1. The van der Waals surface area contributed by atoms with Crippen LogP contribution in [-0.4, -0.2) is 51.6 Å². The van der Waals surface area contributed by atoms with Crippen molar-refractivity contribution in [2.45, 2.75) is 70.4 Å². The average Bonchev–Trinajstić information content (AvgIpc) is 3.57. The van der Waals surface area contributed by atoms with E-state index in [1.165, 1.54) is 0 Å². The van der Waals surface area contributed by atoms with Gasteiger partial charge in [0.05, 0.1) is 7.57 Å². The van der Waals surface area contributed by atoms with Gasteiger partial charge >= 0.3 is 5.97 Å². The second-order valence-electron chi connectivity index (χ2n) is 12.4. The van der Waals surface area contributed by atoms with Crippen molar-refractivity contribution in [1.82, 2.24) is 14.9 Å². The number of nitrogens with one attached hydrogen (secondary N) is 1. The van der Waals surface area contributed by atoms with Gasteiger partial charge in [-0.05, 0) is 91.7 Å². The van der Waals surface area contributed by atoms with Crippen LogP contribution in [-0.2, 0) is 0 Å². The zero-order valence-corrected chi connectivity index (χ0v) is 24.3. The zero-order chi connectivity index (χ0) is 31.6. The number of benzene rings is 2. The number of aromatic amines is 1. The maximum atomic E-state index is 12.0. The maximum absolute atomic E-state index is 12.0. The van der Waals surface area contributed by atoms with E-state index in [0.29, 0.717) is 18.6 Å². The Hall–Kier alpha value is -3.84. The van der Waals surface area contributed by atoms with Crippen LogP contribution in [0.2, 0.25) is 0 Å². The Labute approximate surface area is 251 Å². The Kier molecular flexibility index (Phi) is 6.08. The van der Waals surface area contributed by atoms with Crippen LogP contribution in [0.15, 0.2) is 67.0 Å². The van der Waals surface area contributed by atoms with Gasteiger partial charge in [-0.2, -0.15) is 0 Å². The van der Waals surface area contributed by atoms with Crippen molar-refractivity contribution in [2.75, 3.05) is 24.5 Å². The summed E-state index contributed by atoms with van der Waals surface area (Å²) in [6, 6.07) is 16.1. The molecular weight excluding hydrogens is 524 g/mol. The molecule has 0 amide bonds. The Morgan fingerprint density at radius 2 is 1.98 bits per heavy atom. The highest BCUT2D eigenvalue weighted by Gasteiger charge is 2.50. The molecule has 1 atom stereocenters. The molecule has 3 aliphatic rings. The van der Waals surface area contributed by atoms with Crippen molar-refractivity contribution >= 4 is 22.7 Å². The highest BCUT2D eigenvalue weighted by molar-refractivity contribution is 5.92. The normalized spacial score (nSPS) is 24.8. The lowest BCUT2D eigenvalue weighted by molar-refractivity contribution is -0.0227. The first kappa shape index (κ1) is 23.7. The molecule has 1 aliphatic carbocycles. The first-order valence-electron chi connectivity index (χ1n) is 16.6. The molecule has 7 rings (SSSR count). The molecule has 2 aromatic heterocycles. The second-order valence-corrected chi connectivity index (χ2v) is 12.4. The monoisotopic (exact) mass is 567 g/mol. The van der Waals surface area contributed by atoms with E-state index in [4.69, 9.17) is 7.48 Å². The molecule has 0 bridgehead atoms. The lowest BCUT2D eigenvalue weighted by atomic mass is 9.59. The topological polar surface area (TPSA) is 81.7 Å². The molecule has 3 fully saturated rings. The number of rotatable bonds is 7. The molecule has 7 heteroatoms. The lowest BCUT2D eigenvalue weighted by Gasteiger charge is -2.56. The van der Waals surface area contributed by atoms with Gasteiger partial charge in [0.1, 0.15) is 22.7 Å². The van der Waals surface area contributed by atoms with Crippen LogP contribution in [0, 0.1) is 5.41 Å². The van der Waals surface area contributed by atoms with Crippen molar-refractivity contribution in [3.8, 4) is 11.5 Å². The van der Waals surface area contributed by atoms with Gasteiger partial charge in [-0.25, -0.2) is 9.78 Å². The van der Waals surface area contributed by atoms with E-state index >= 15 is 0 Å². The molecular formula is C35H40N4O3. The van der Waals surface area contributed by atoms with Crippen molar-refractivity contribution in [1.29, 1.82) is 0 Å². The minimum absolute atomic E-state index is 0.0348. The van der Waals surface area contributed by atoms with Gasteiger partial charge in [-0.15, -0.1) is 0 Å². The molecule has 4 heterocycles. The third-order valence-electron chi connectivity index (χ3n) is 9.52. The van der Waals surface area contributed by atoms with Crippen LogP contribution >= 0.6 is 0 Å². The van der Waals surface area contributed by atoms with Gasteiger partial charge in [0.2, 0.25) is 0 Å². The molecule has 7 nitrogen and oxygen atoms in total. The number of carboxylic acids is 1. The molecule has 2 N–H and O–H groups in total. The number of nitrogens with zero attached hydrogens (tertiary/aromatic N) is 3. The van der Waals surface area contributed by atoms with E-state index in [0.717, 1.165) is 66.6 Å². The van der Waals surface area contributed by atoms with Crippen molar-refractivity contribution in [3.63, 3.8) is 0 Å². The predicted molar refractivity (Wildman–Crippen MR) is 166 cm³/mol. The fourth-order valence-electron chi connectivity index (χ4n) is 7.23. The van der Waals surface area contributed by atoms with Crippen LogP contribution in [0.3, 0.4) is 0 Å². The van der Waals surface area contributed by atoms with Crippen LogP contribution in [0.4, 0.5) is 5.69 Å². The smallest absolute Gasteiger partial charge is 0.339 e. The first-order valence-corrected chi connectivity index (χ1v) is 15.1. The SMILES string of the molecule is [2H]C1([2H])CCC([2H])(c2ccccc2C(C)C)N1C1CC2(CCN(c3ccc(C(=O)O)c(Oc4cnc5[nH]ccc5c4)c3)CC2)C1. The number of pyridine rings is 1. The van der Waals surface area contributed by atoms with Gasteiger partial charge in [0.15, 0.2) is 0 Å². The summed E-state index contributed by atoms with van der Waals surface area (Å²) in [5.41, 5.74) is 3.98. The standard InChI is InChI=1S/C35H40N4O3/c1-23(2)28-6-3-4-7-29(28)31-8-5-15-39(31)26-20-35(21-26)12-16-38(17-13-35)25-9-10-30(34(40)41)32(19-25)42-27-18-24-11-14-36-33(24)37-22-27/h3-4,6-7,9-11,14,18-19,22-23,26,31H,5,8,12-13,15-17,20-21H2,1-2H3,(H,36,37)(H,40,41)/i15D2,31D. The summed E-state index contributed by atoms with van der Waals surface area (Å²) >= 11 is 0. The number of carboxylic acid groups (broad SMARTS) is 1. The number of carbonyl (C=O) groups is 1. The molecule has 2 aromatic carbocycles. The maximum Gasteiger partial charge on any atom is 0.339 e. The molecule has 4 aromatic rings. The molecule has 2 saturated heterocycles. The molecule has 1 saturated carbocycles. The van der Waals surface area contributed by atoms with Gasteiger partial charge in [0.25, 0.3) is 0 Å². The number of H-pyrrole nitrogens is 1. The predicted octanol–water partition coefficient (Wildman–Crippen LogP) is 7.76. The molecule has 0 radical (unpaired) electrons. The van der Waals surface area contributed by atoms with Crippen molar-refractivity contribution in [3.05, 3.63) is 83.7 Å². The van der Waals surface area contributed by atoms with Crippen LogP contribution in [0.25, 0.3) is 11.0 Å². The van der Waals surface area contributed by atoms with E-state index in [9.17, 15) is 11.3 Å². The Morgan fingerprint density at radius 3 is 2.76 bits per heavy atom. The van der Waals surface area contributed by atoms with Gasteiger partial charge < -0.3 is 19.7 Å². The summed E-state index contributed by atoms with van der Waals surface area (Å²) in [4.78, 5) is 23.6. The number of ether oxygens (including phenoxy) is 1. The number of hydrogen-bond donors (Lipinski definition) is 2. The Balaban J connectivity index is 1.06. The number of likely N-dealkylation sites (tertiary alicyclic amines) is 1. The van der Waals surface area contributed by atoms with E-state index in [1.807, 2.05) is 47.4 Å². The molecule has 42 heavy (non-hydrogen) atoms. The third kappa shape index (κ3) is 4.94. The second kappa shape index (κ2) is 10.8. The summed E-state index contributed by atoms with van der Waals surface area (Å²) in [7, 11) is 0. The molecule has 1 unspecified atom stereocenters. The van der Waals surface area contributed by atoms with Gasteiger partial charge in [-0.3, -0.25) is 4.90 Å². The van der Waals surface area contributed by atoms with E-state index in [1.54, 1.807) is 18.5 Å². The number of hydrogen-bond acceptors (Lipinski definition) is 5. The van der Waals surface area contributed by atoms with E-state index < -0.39 is 18.5 Å². The van der Waals surface area contributed by atoms with Gasteiger partial charge in [0, 0.05) is 51.2 Å². The van der Waals surface area contributed by atoms with Gasteiger partial charge in [-0.1, -0.05) is 38.1 Å².